The average Bonchev–Trinajstić information content (AvgIpc) is 2.75. The van der Waals surface area contributed by atoms with Crippen molar-refractivity contribution in [1.82, 2.24) is 10.3 Å². The third-order valence-electron chi connectivity index (χ3n) is 3.09. The van der Waals surface area contributed by atoms with E-state index >= 15 is 0 Å². The van der Waals surface area contributed by atoms with Gasteiger partial charge >= 0.3 is 0 Å². The van der Waals surface area contributed by atoms with Crippen LogP contribution in [0.5, 0.6) is 0 Å². The molecule has 2 aromatic rings. The van der Waals surface area contributed by atoms with E-state index in [2.05, 4.69) is 17.2 Å². The SMILES string of the molecule is Cc1nc(C)c(C(C)NCc2ccc([N+](=O)[O-])cc2)s1. The standard InChI is InChI=1S/C14H17N3O2S/c1-9(14-10(2)16-11(3)20-14)15-8-12-4-6-13(7-5-12)17(18)19/h4-7,9,15H,8H2,1-3H3. The number of nitro groups is 1. The van der Waals surface area contributed by atoms with Gasteiger partial charge in [-0.25, -0.2) is 4.98 Å². The van der Waals surface area contributed by atoms with Crippen molar-refractivity contribution in [2.24, 2.45) is 0 Å². The van der Waals surface area contributed by atoms with E-state index in [-0.39, 0.29) is 16.7 Å². The lowest BCUT2D eigenvalue weighted by atomic mass is 10.2. The van der Waals surface area contributed by atoms with Gasteiger partial charge in [0.1, 0.15) is 0 Å². The van der Waals surface area contributed by atoms with Gasteiger partial charge in [-0.15, -0.1) is 11.3 Å². The highest BCUT2D eigenvalue weighted by Gasteiger charge is 2.12. The van der Waals surface area contributed by atoms with Crippen molar-refractivity contribution in [2.75, 3.05) is 0 Å². The molecule has 6 heteroatoms. The fourth-order valence-electron chi connectivity index (χ4n) is 2.05. The van der Waals surface area contributed by atoms with Crippen LogP contribution in [0.2, 0.25) is 0 Å². The van der Waals surface area contributed by atoms with Gasteiger partial charge in [-0.05, 0) is 26.3 Å². The minimum Gasteiger partial charge on any atom is -0.305 e. The number of rotatable bonds is 5. The van der Waals surface area contributed by atoms with Crippen molar-refractivity contribution in [3.05, 3.63) is 55.5 Å². The van der Waals surface area contributed by atoms with Gasteiger partial charge in [0.25, 0.3) is 5.69 Å². The van der Waals surface area contributed by atoms with Crippen molar-refractivity contribution >= 4 is 17.0 Å². The fourth-order valence-corrected chi connectivity index (χ4v) is 3.00. The maximum Gasteiger partial charge on any atom is 0.269 e. The summed E-state index contributed by atoms with van der Waals surface area (Å²) in [4.78, 5) is 15.9. The Labute approximate surface area is 121 Å². The van der Waals surface area contributed by atoms with Gasteiger partial charge in [-0.3, -0.25) is 10.1 Å². The molecule has 1 atom stereocenters. The fraction of sp³-hybridized carbons (Fsp3) is 0.357. The zero-order valence-electron chi connectivity index (χ0n) is 11.7. The van der Waals surface area contributed by atoms with E-state index in [4.69, 9.17) is 0 Å². The summed E-state index contributed by atoms with van der Waals surface area (Å²) >= 11 is 1.70. The van der Waals surface area contributed by atoms with E-state index in [0.29, 0.717) is 6.54 Å². The number of thiazole rings is 1. The Hall–Kier alpha value is -1.79. The van der Waals surface area contributed by atoms with Crippen LogP contribution < -0.4 is 5.32 Å². The number of benzene rings is 1. The monoisotopic (exact) mass is 291 g/mol. The molecule has 0 aliphatic rings. The molecule has 0 saturated carbocycles. The Morgan fingerprint density at radius 1 is 1.35 bits per heavy atom. The molecular formula is C14H17N3O2S. The predicted octanol–water partition coefficient (Wildman–Crippen LogP) is 3.52. The van der Waals surface area contributed by atoms with Crippen molar-refractivity contribution < 1.29 is 4.92 Å². The number of aryl methyl sites for hydroxylation is 2. The molecular weight excluding hydrogens is 274 g/mol. The number of nitrogens with zero attached hydrogens (tertiary/aromatic N) is 2. The Balaban J connectivity index is 1.98. The maximum absolute atomic E-state index is 10.6. The number of nitrogens with one attached hydrogen (secondary N) is 1. The van der Waals surface area contributed by atoms with Crippen LogP contribution in [-0.4, -0.2) is 9.91 Å². The third-order valence-corrected chi connectivity index (χ3v) is 4.35. The molecule has 0 radical (unpaired) electrons. The molecule has 1 N–H and O–H groups in total. The van der Waals surface area contributed by atoms with Crippen LogP contribution in [0.1, 0.15) is 34.1 Å². The summed E-state index contributed by atoms with van der Waals surface area (Å²) in [6.07, 6.45) is 0. The first-order valence-corrected chi connectivity index (χ1v) is 7.19. The van der Waals surface area contributed by atoms with Crippen LogP contribution in [0.25, 0.3) is 0 Å². The lowest BCUT2D eigenvalue weighted by Crippen LogP contribution is -2.17. The summed E-state index contributed by atoms with van der Waals surface area (Å²) in [5.74, 6) is 0. The summed E-state index contributed by atoms with van der Waals surface area (Å²) in [5.41, 5.74) is 2.22. The summed E-state index contributed by atoms with van der Waals surface area (Å²) in [5, 5.41) is 15.1. The molecule has 1 aromatic heterocycles. The topological polar surface area (TPSA) is 68.1 Å². The summed E-state index contributed by atoms with van der Waals surface area (Å²) in [6.45, 7) is 6.80. The van der Waals surface area contributed by atoms with Gasteiger partial charge in [0.05, 0.1) is 15.6 Å². The van der Waals surface area contributed by atoms with Gasteiger partial charge in [-0.1, -0.05) is 12.1 Å². The maximum atomic E-state index is 10.6. The van der Waals surface area contributed by atoms with Crippen molar-refractivity contribution in [3.63, 3.8) is 0 Å². The minimum absolute atomic E-state index is 0.121. The van der Waals surface area contributed by atoms with Crippen LogP contribution in [0.15, 0.2) is 24.3 Å². The first-order chi connectivity index (χ1) is 9.47. The summed E-state index contributed by atoms with van der Waals surface area (Å²) in [6, 6.07) is 6.84. The van der Waals surface area contributed by atoms with E-state index in [1.165, 1.54) is 17.0 Å². The molecule has 1 unspecified atom stereocenters. The van der Waals surface area contributed by atoms with Crippen LogP contribution in [0, 0.1) is 24.0 Å². The van der Waals surface area contributed by atoms with Gasteiger partial charge in [0.2, 0.25) is 0 Å². The first kappa shape index (κ1) is 14.6. The molecule has 1 aromatic carbocycles. The van der Waals surface area contributed by atoms with Crippen LogP contribution in [0.4, 0.5) is 5.69 Å². The molecule has 0 saturated heterocycles. The number of nitro benzene ring substituents is 1. The van der Waals surface area contributed by atoms with Gasteiger partial charge < -0.3 is 5.32 Å². The van der Waals surface area contributed by atoms with E-state index in [0.717, 1.165) is 16.3 Å². The lowest BCUT2D eigenvalue weighted by Gasteiger charge is -2.12. The van der Waals surface area contributed by atoms with E-state index < -0.39 is 0 Å². The van der Waals surface area contributed by atoms with E-state index in [1.807, 2.05) is 13.8 Å². The first-order valence-electron chi connectivity index (χ1n) is 6.38. The molecule has 5 nitrogen and oxygen atoms in total. The minimum atomic E-state index is -0.386. The highest BCUT2D eigenvalue weighted by Crippen LogP contribution is 2.24. The van der Waals surface area contributed by atoms with Crippen molar-refractivity contribution in [3.8, 4) is 0 Å². The third kappa shape index (κ3) is 3.40. The molecule has 0 spiro atoms. The van der Waals surface area contributed by atoms with Gasteiger partial charge in [-0.2, -0.15) is 0 Å². The molecule has 0 bridgehead atoms. The zero-order chi connectivity index (χ0) is 14.7. The van der Waals surface area contributed by atoms with Gasteiger partial charge in [0, 0.05) is 29.6 Å². The smallest absolute Gasteiger partial charge is 0.269 e. The Morgan fingerprint density at radius 3 is 2.50 bits per heavy atom. The summed E-state index contributed by atoms with van der Waals surface area (Å²) < 4.78 is 0. The molecule has 1 heterocycles. The van der Waals surface area contributed by atoms with Crippen LogP contribution >= 0.6 is 11.3 Å². The van der Waals surface area contributed by atoms with Gasteiger partial charge in [0.15, 0.2) is 0 Å². The number of hydrogen-bond donors (Lipinski definition) is 1. The molecule has 20 heavy (non-hydrogen) atoms. The Morgan fingerprint density at radius 2 is 2.00 bits per heavy atom. The van der Waals surface area contributed by atoms with Crippen LogP contribution in [-0.2, 0) is 6.54 Å². The van der Waals surface area contributed by atoms with Crippen molar-refractivity contribution in [2.45, 2.75) is 33.4 Å². The second-order valence-electron chi connectivity index (χ2n) is 4.71. The number of hydrogen-bond acceptors (Lipinski definition) is 5. The van der Waals surface area contributed by atoms with E-state index in [9.17, 15) is 10.1 Å². The Bertz CT molecular complexity index is 607. The van der Waals surface area contributed by atoms with E-state index in [1.54, 1.807) is 23.5 Å². The molecule has 106 valence electrons. The average molecular weight is 291 g/mol. The van der Waals surface area contributed by atoms with Crippen molar-refractivity contribution in [1.29, 1.82) is 0 Å². The highest BCUT2D eigenvalue weighted by atomic mass is 32.1. The molecule has 2 rings (SSSR count). The quantitative estimate of drug-likeness (QED) is 0.676. The largest absolute Gasteiger partial charge is 0.305 e. The number of aromatic nitrogens is 1. The predicted molar refractivity (Wildman–Crippen MR) is 79.9 cm³/mol. The zero-order valence-corrected chi connectivity index (χ0v) is 12.5. The normalized spacial score (nSPS) is 12.3. The molecule has 0 aliphatic carbocycles. The van der Waals surface area contributed by atoms with Crippen LogP contribution in [0.3, 0.4) is 0 Å². The molecule has 0 amide bonds. The number of non-ortho nitro benzene ring substituents is 1. The molecule has 0 aliphatic heterocycles. The Kier molecular flexibility index (Phi) is 4.46. The summed E-state index contributed by atoms with van der Waals surface area (Å²) in [7, 11) is 0. The second kappa shape index (κ2) is 6.11. The molecule has 0 fully saturated rings. The highest BCUT2D eigenvalue weighted by molar-refractivity contribution is 7.11. The lowest BCUT2D eigenvalue weighted by molar-refractivity contribution is -0.384. The second-order valence-corrected chi connectivity index (χ2v) is 5.94.